The number of benzene rings is 1. The summed E-state index contributed by atoms with van der Waals surface area (Å²) in [5.74, 6) is -0.961. The van der Waals surface area contributed by atoms with Crippen molar-refractivity contribution in [1.82, 2.24) is 9.97 Å². The highest BCUT2D eigenvalue weighted by Crippen LogP contribution is 2.33. The molecule has 0 spiro atoms. The minimum atomic E-state index is -0.787. The first-order valence-electron chi connectivity index (χ1n) is 8.05. The van der Waals surface area contributed by atoms with Gasteiger partial charge in [0.2, 0.25) is 0 Å². The van der Waals surface area contributed by atoms with Gasteiger partial charge >= 0.3 is 5.97 Å². The molecule has 0 bridgehead atoms. The van der Waals surface area contributed by atoms with Crippen LogP contribution in [0, 0.1) is 5.82 Å². The predicted molar refractivity (Wildman–Crippen MR) is 104 cm³/mol. The molecule has 0 saturated heterocycles. The molecular weight excluding hydrogens is 387 g/mol. The Hall–Kier alpha value is -2.84. The van der Waals surface area contributed by atoms with Gasteiger partial charge in [-0.1, -0.05) is 12.1 Å². The maximum Gasteiger partial charge on any atom is 0.338 e. The summed E-state index contributed by atoms with van der Waals surface area (Å²) in [6.07, 6.45) is -0.787. The number of H-pyrrole nitrogens is 1. The minimum Gasteiger partial charge on any atom is -0.451 e. The van der Waals surface area contributed by atoms with Crippen molar-refractivity contribution in [2.75, 3.05) is 0 Å². The summed E-state index contributed by atoms with van der Waals surface area (Å²) < 4.78 is 18.6. The highest BCUT2D eigenvalue weighted by molar-refractivity contribution is 7.18. The van der Waals surface area contributed by atoms with Gasteiger partial charge in [-0.05, 0) is 36.6 Å². The first kappa shape index (κ1) is 17.6. The van der Waals surface area contributed by atoms with Gasteiger partial charge in [0.1, 0.15) is 10.6 Å². The number of esters is 1. The fourth-order valence-electron chi connectivity index (χ4n) is 2.67. The minimum absolute atomic E-state index is 0.0985. The fourth-order valence-corrected chi connectivity index (χ4v) is 4.44. The van der Waals surface area contributed by atoms with Gasteiger partial charge < -0.3 is 9.72 Å². The molecule has 0 fully saturated rings. The Bertz CT molecular complexity index is 1180. The molecule has 0 unspecified atom stereocenters. The lowest BCUT2D eigenvalue weighted by Gasteiger charge is -2.12. The maximum atomic E-state index is 13.3. The zero-order chi connectivity index (χ0) is 19.0. The van der Waals surface area contributed by atoms with Crippen molar-refractivity contribution in [3.63, 3.8) is 0 Å². The third-order valence-corrected chi connectivity index (χ3v) is 5.75. The third kappa shape index (κ3) is 3.41. The van der Waals surface area contributed by atoms with Crippen molar-refractivity contribution >= 4 is 38.9 Å². The van der Waals surface area contributed by atoms with Crippen LogP contribution in [0.1, 0.15) is 29.2 Å². The van der Waals surface area contributed by atoms with Crippen molar-refractivity contribution in [2.24, 2.45) is 0 Å². The summed E-state index contributed by atoms with van der Waals surface area (Å²) in [5, 5.41) is 4.36. The SMILES string of the molecule is C[C@@H](OC(=O)c1cccc(F)c1)c1nc2scc(-c3cccs3)c2c(=O)[nH]1. The van der Waals surface area contributed by atoms with E-state index in [1.165, 1.54) is 29.5 Å². The molecule has 0 saturated carbocycles. The van der Waals surface area contributed by atoms with Crippen molar-refractivity contribution < 1.29 is 13.9 Å². The number of nitrogens with zero attached hydrogens (tertiary/aromatic N) is 1. The first-order chi connectivity index (χ1) is 13.0. The number of thiophene rings is 2. The van der Waals surface area contributed by atoms with E-state index in [1.807, 2.05) is 22.9 Å². The number of nitrogens with one attached hydrogen (secondary N) is 1. The van der Waals surface area contributed by atoms with Gasteiger partial charge in [0.05, 0.1) is 10.9 Å². The monoisotopic (exact) mass is 400 g/mol. The maximum absolute atomic E-state index is 13.3. The average molecular weight is 400 g/mol. The second kappa shape index (κ2) is 7.05. The normalized spacial score (nSPS) is 12.2. The van der Waals surface area contributed by atoms with Crippen molar-refractivity contribution in [2.45, 2.75) is 13.0 Å². The van der Waals surface area contributed by atoms with E-state index in [1.54, 1.807) is 18.3 Å². The smallest absolute Gasteiger partial charge is 0.338 e. The van der Waals surface area contributed by atoms with E-state index >= 15 is 0 Å². The number of carbonyl (C=O) groups is 1. The Kier molecular flexibility index (Phi) is 4.59. The highest BCUT2D eigenvalue weighted by Gasteiger charge is 2.19. The molecule has 0 aliphatic carbocycles. The first-order valence-corrected chi connectivity index (χ1v) is 9.80. The lowest BCUT2D eigenvalue weighted by Crippen LogP contribution is -2.17. The Labute approximate surface area is 161 Å². The molecule has 5 nitrogen and oxygen atoms in total. The summed E-state index contributed by atoms with van der Waals surface area (Å²) in [5.41, 5.74) is 0.657. The topological polar surface area (TPSA) is 72.0 Å². The van der Waals surface area contributed by atoms with Crippen LogP contribution in [-0.2, 0) is 4.74 Å². The Morgan fingerprint density at radius 1 is 1.26 bits per heavy atom. The summed E-state index contributed by atoms with van der Waals surface area (Å²) in [6, 6.07) is 9.11. The van der Waals surface area contributed by atoms with Gasteiger partial charge in [0.15, 0.2) is 11.9 Å². The van der Waals surface area contributed by atoms with Gasteiger partial charge in [0, 0.05) is 15.8 Å². The van der Waals surface area contributed by atoms with Crippen molar-refractivity contribution in [1.29, 1.82) is 0 Å². The molecule has 3 aromatic heterocycles. The summed E-state index contributed by atoms with van der Waals surface area (Å²) in [7, 11) is 0. The standard InChI is InChI=1S/C19H13FN2O3S2/c1-10(25-19(24)11-4-2-5-12(20)8-11)16-21-17(23)15-13(9-27-18(15)22-16)14-6-3-7-26-14/h2-10H,1H3,(H,21,22,23)/t10-/m1/s1. The molecular formula is C19H13FN2O3S2. The van der Waals surface area contributed by atoms with Crippen LogP contribution >= 0.6 is 22.7 Å². The molecule has 8 heteroatoms. The van der Waals surface area contributed by atoms with E-state index in [0.717, 1.165) is 16.5 Å². The molecule has 3 heterocycles. The lowest BCUT2D eigenvalue weighted by molar-refractivity contribution is 0.0319. The molecule has 1 N–H and O–H groups in total. The van der Waals surface area contributed by atoms with Crippen LogP contribution in [0.25, 0.3) is 20.7 Å². The second-order valence-corrected chi connectivity index (χ2v) is 7.62. The Balaban J connectivity index is 1.64. The summed E-state index contributed by atoms with van der Waals surface area (Å²) >= 11 is 2.91. The lowest BCUT2D eigenvalue weighted by atomic mass is 10.2. The van der Waals surface area contributed by atoms with Crippen molar-refractivity contribution in [3.05, 3.63) is 74.7 Å². The van der Waals surface area contributed by atoms with Crippen LogP contribution in [0.4, 0.5) is 4.39 Å². The number of carbonyl (C=O) groups excluding carboxylic acids is 1. The zero-order valence-electron chi connectivity index (χ0n) is 14.1. The quantitative estimate of drug-likeness (QED) is 0.501. The number of ether oxygens (including phenoxy) is 1. The average Bonchev–Trinajstić information content (AvgIpc) is 3.31. The number of aromatic nitrogens is 2. The van der Waals surface area contributed by atoms with E-state index in [0.29, 0.717) is 10.2 Å². The summed E-state index contributed by atoms with van der Waals surface area (Å²) in [6.45, 7) is 1.61. The Morgan fingerprint density at radius 2 is 2.11 bits per heavy atom. The molecule has 0 amide bonds. The molecule has 136 valence electrons. The van der Waals surface area contributed by atoms with Gasteiger partial charge in [-0.15, -0.1) is 22.7 Å². The number of fused-ring (bicyclic) bond motifs is 1. The molecule has 27 heavy (non-hydrogen) atoms. The molecule has 4 rings (SSSR count). The van der Waals surface area contributed by atoms with Crippen LogP contribution in [0.2, 0.25) is 0 Å². The molecule has 0 radical (unpaired) electrons. The van der Waals surface area contributed by atoms with Crippen LogP contribution in [-0.4, -0.2) is 15.9 Å². The van der Waals surface area contributed by atoms with E-state index in [2.05, 4.69) is 9.97 Å². The van der Waals surface area contributed by atoms with Crippen LogP contribution in [0.15, 0.2) is 52.0 Å². The largest absolute Gasteiger partial charge is 0.451 e. The summed E-state index contributed by atoms with van der Waals surface area (Å²) in [4.78, 5) is 33.5. The van der Waals surface area contributed by atoms with Crippen LogP contribution in [0.5, 0.6) is 0 Å². The van der Waals surface area contributed by atoms with Crippen molar-refractivity contribution in [3.8, 4) is 10.4 Å². The van der Waals surface area contributed by atoms with Gasteiger partial charge in [-0.2, -0.15) is 0 Å². The van der Waals surface area contributed by atoms with E-state index in [9.17, 15) is 14.0 Å². The predicted octanol–water partition coefficient (Wildman–Crippen LogP) is 4.77. The molecule has 4 aromatic rings. The highest BCUT2D eigenvalue weighted by atomic mass is 32.1. The number of hydrogen-bond acceptors (Lipinski definition) is 6. The third-order valence-electron chi connectivity index (χ3n) is 3.98. The van der Waals surface area contributed by atoms with Crippen LogP contribution in [0.3, 0.4) is 0 Å². The number of aromatic amines is 1. The number of rotatable bonds is 4. The zero-order valence-corrected chi connectivity index (χ0v) is 15.7. The van der Waals surface area contributed by atoms with E-state index in [-0.39, 0.29) is 16.9 Å². The number of halogens is 1. The van der Waals surface area contributed by atoms with E-state index in [4.69, 9.17) is 4.74 Å². The fraction of sp³-hybridized carbons (Fsp3) is 0.105. The molecule has 1 aromatic carbocycles. The van der Waals surface area contributed by atoms with Crippen LogP contribution < -0.4 is 5.56 Å². The van der Waals surface area contributed by atoms with E-state index < -0.39 is 17.9 Å². The molecule has 1 atom stereocenters. The number of hydrogen-bond donors (Lipinski definition) is 1. The molecule has 0 aliphatic heterocycles. The van der Waals surface area contributed by atoms with Gasteiger partial charge in [0.25, 0.3) is 5.56 Å². The Morgan fingerprint density at radius 3 is 2.85 bits per heavy atom. The molecule has 0 aliphatic rings. The second-order valence-electron chi connectivity index (χ2n) is 5.82. The van der Waals surface area contributed by atoms with Gasteiger partial charge in [-0.25, -0.2) is 14.2 Å². The van der Waals surface area contributed by atoms with Gasteiger partial charge in [-0.3, -0.25) is 4.79 Å².